The van der Waals surface area contributed by atoms with Crippen LogP contribution in [-0.2, 0) is 6.54 Å². The topological polar surface area (TPSA) is 54.2 Å². The maximum Gasteiger partial charge on any atom is 0.191 e. The smallest absolute Gasteiger partial charge is 0.191 e. The van der Waals surface area contributed by atoms with E-state index in [1.807, 2.05) is 12.5 Å². The number of guanidine groups is 1. The Kier molecular flexibility index (Phi) is 12.7. The lowest BCUT2D eigenvalue weighted by atomic mass is 10.2. The molecule has 0 aliphatic heterocycles. The van der Waals surface area contributed by atoms with Crippen LogP contribution in [0.5, 0.6) is 0 Å². The minimum absolute atomic E-state index is 0. The van der Waals surface area contributed by atoms with Crippen molar-refractivity contribution in [3.63, 3.8) is 0 Å². The van der Waals surface area contributed by atoms with Crippen LogP contribution in [0.3, 0.4) is 0 Å². The van der Waals surface area contributed by atoms with Crippen molar-refractivity contribution in [2.24, 2.45) is 4.99 Å². The molecule has 0 atom stereocenters. The maximum atomic E-state index is 4.57. The van der Waals surface area contributed by atoms with Gasteiger partial charge in [-0.25, -0.2) is 4.98 Å². The second-order valence-corrected chi connectivity index (χ2v) is 4.55. The van der Waals surface area contributed by atoms with Crippen molar-refractivity contribution in [1.29, 1.82) is 0 Å². The van der Waals surface area contributed by atoms with Gasteiger partial charge in [-0.3, -0.25) is 4.99 Å². The van der Waals surface area contributed by atoms with E-state index in [1.54, 1.807) is 6.20 Å². The molecule has 0 spiro atoms. The number of rotatable bonds is 9. The molecule has 0 aliphatic carbocycles. The predicted molar refractivity (Wildman–Crippen MR) is 95.8 cm³/mol. The molecule has 0 unspecified atom stereocenters. The third-order valence-electron chi connectivity index (χ3n) is 2.85. The number of unbranched alkanes of at least 4 members (excludes halogenated alkanes) is 3. The van der Waals surface area contributed by atoms with Gasteiger partial charge in [-0.15, -0.1) is 24.0 Å². The van der Waals surface area contributed by atoms with Crippen molar-refractivity contribution in [3.05, 3.63) is 18.7 Å². The second kappa shape index (κ2) is 13.2. The quantitative estimate of drug-likeness (QED) is 0.294. The van der Waals surface area contributed by atoms with Gasteiger partial charge in [-0.2, -0.15) is 0 Å². The van der Waals surface area contributed by atoms with Gasteiger partial charge in [0.15, 0.2) is 5.96 Å². The number of imidazole rings is 1. The Bertz CT molecular complexity index is 337. The molecule has 1 heterocycles. The molecule has 6 heteroatoms. The molecule has 0 fully saturated rings. The molecule has 5 nitrogen and oxygen atoms in total. The molecule has 0 saturated heterocycles. The third kappa shape index (κ3) is 9.17. The summed E-state index contributed by atoms with van der Waals surface area (Å²) in [4.78, 5) is 8.60. The highest BCUT2D eigenvalue weighted by Gasteiger charge is 1.96. The van der Waals surface area contributed by atoms with Gasteiger partial charge in [-0.1, -0.05) is 26.2 Å². The SMILES string of the molecule is CCCCCCN=C(NCC)NCCn1ccnc1.I. The Morgan fingerprint density at radius 1 is 1.20 bits per heavy atom. The van der Waals surface area contributed by atoms with Crippen molar-refractivity contribution in [2.75, 3.05) is 19.6 Å². The fourth-order valence-electron chi connectivity index (χ4n) is 1.79. The Labute approximate surface area is 139 Å². The van der Waals surface area contributed by atoms with Gasteiger partial charge in [0, 0.05) is 38.6 Å². The second-order valence-electron chi connectivity index (χ2n) is 4.55. The van der Waals surface area contributed by atoms with Crippen molar-refractivity contribution >= 4 is 29.9 Å². The highest BCUT2D eigenvalue weighted by atomic mass is 127. The van der Waals surface area contributed by atoms with Crippen molar-refractivity contribution < 1.29 is 0 Å². The van der Waals surface area contributed by atoms with Crippen molar-refractivity contribution in [3.8, 4) is 0 Å². The summed E-state index contributed by atoms with van der Waals surface area (Å²) in [5.41, 5.74) is 0. The average molecular weight is 393 g/mol. The molecule has 1 aromatic heterocycles. The van der Waals surface area contributed by atoms with E-state index >= 15 is 0 Å². The zero-order chi connectivity index (χ0) is 13.8. The lowest BCUT2D eigenvalue weighted by Gasteiger charge is -2.11. The molecule has 0 saturated carbocycles. The van der Waals surface area contributed by atoms with Gasteiger partial charge >= 0.3 is 0 Å². The molecule has 116 valence electrons. The van der Waals surface area contributed by atoms with Gasteiger partial charge in [-0.05, 0) is 13.3 Å². The van der Waals surface area contributed by atoms with Gasteiger partial charge < -0.3 is 15.2 Å². The number of aromatic nitrogens is 2. The van der Waals surface area contributed by atoms with Crippen LogP contribution < -0.4 is 10.6 Å². The normalized spacial score (nSPS) is 11.0. The molecular weight excluding hydrogens is 365 g/mol. The van der Waals surface area contributed by atoms with Crippen LogP contribution in [0.4, 0.5) is 0 Å². The summed E-state index contributed by atoms with van der Waals surface area (Å²) in [6, 6.07) is 0. The van der Waals surface area contributed by atoms with Gasteiger partial charge in [0.25, 0.3) is 0 Å². The first-order chi connectivity index (χ1) is 9.36. The molecule has 0 aromatic carbocycles. The van der Waals surface area contributed by atoms with E-state index in [4.69, 9.17) is 0 Å². The number of nitrogens with one attached hydrogen (secondary N) is 2. The Morgan fingerprint density at radius 2 is 2.05 bits per heavy atom. The fourth-order valence-corrected chi connectivity index (χ4v) is 1.79. The van der Waals surface area contributed by atoms with Gasteiger partial charge in [0.1, 0.15) is 0 Å². The fraction of sp³-hybridized carbons (Fsp3) is 0.714. The number of nitrogens with zero attached hydrogens (tertiary/aromatic N) is 3. The van der Waals surface area contributed by atoms with Crippen molar-refractivity contribution in [1.82, 2.24) is 20.2 Å². The highest BCUT2D eigenvalue weighted by Crippen LogP contribution is 1.98. The minimum Gasteiger partial charge on any atom is -0.357 e. The summed E-state index contributed by atoms with van der Waals surface area (Å²) in [7, 11) is 0. The van der Waals surface area contributed by atoms with Crippen LogP contribution in [0.25, 0.3) is 0 Å². The summed E-state index contributed by atoms with van der Waals surface area (Å²) in [5, 5.41) is 6.61. The van der Waals surface area contributed by atoms with E-state index < -0.39 is 0 Å². The lowest BCUT2D eigenvalue weighted by molar-refractivity contribution is 0.652. The summed E-state index contributed by atoms with van der Waals surface area (Å²) in [6.07, 6.45) is 10.6. The monoisotopic (exact) mass is 393 g/mol. The first-order valence-corrected chi connectivity index (χ1v) is 7.34. The van der Waals surface area contributed by atoms with E-state index in [0.717, 1.165) is 32.1 Å². The summed E-state index contributed by atoms with van der Waals surface area (Å²) < 4.78 is 2.05. The molecule has 0 radical (unpaired) electrons. The molecule has 20 heavy (non-hydrogen) atoms. The number of hydrogen-bond donors (Lipinski definition) is 2. The average Bonchev–Trinajstić information content (AvgIpc) is 2.91. The Hall–Kier alpha value is -0.790. The number of halogens is 1. The van der Waals surface area contributed by atoms with E-state index in [9.17, 15) is 0 Å². The van der Waals surface area contributed by atoms with Crippen LogP contribution in [0.2, 0.25) is 0 Å². The molecule has 2 N–H and O–H groups in total. The maximum absolute atomic E-state index is 4.57. The largest absolute Gasteiger partial charge is 0.357 e. The van der Waals surface area contributed by atoms with E-state index in [0.29, 0.717) is 0 Å². The molecular formula is C14H28IN5. The minimum atomic E-state index is 0. The Morgan fingerprint density at radius 3 is 2.70 bits per heavy atom. The number of hydrogen-bond acceptors (Lipinski definition) is 2. The standard InChI is InChI=1S/C14H27N5.HI/c1-3-5-6-7-8-17-14(16-4-2)18-10-12-19-11-9-15-13-19;/h9,11,13H,3-8,10,12H2,1-2H3,(H2,16,17,18);1H. The van der Waals surface area contributed by atoms with Crippen LogP contribution >= 0.6 is 24.0 Å². The van der Waals surface area contributed by atoms with Crippen LogP contribution in [0.15, 0.2) is 23.7 Å². The van der Waals surface area contributed by atoms with Gasteiger partial charge in [0.05, 0.1) is 6.33 Å². The molecule has 0 amide bonds. The lowest BCUT2D eigenvalue weighted by Crippen LogP contribution is -2.38. The molecule has 0 bridgehead atoms. The van der Waals surface area contributed by atoms with Crippen LogP contribution in [0.1, 0.15) is 39.5 Å². The zero-order valence-electron chi connectivity index (χ0n) is 12.6. The predicted octanol–water partition coefficient (Wildman–Crippen LogP) is 2.64. The van der Waals surface area contributed by atoms with Crippen LogP contribution in [-0.4, -0.2) is 35.1 Å². The van der Waals surface area contributed by atoms with Gasteiger partial charge in [0.2, 0.25) is 0 Å². The number of aliphatic imine (C=N–C) groups is 1. The first kappa shape index (κ1) is 19.2. The summed E-state index contributed by atoms with van der Waals surface area (Å²) >= 11 is 0. The molecule has 1 rings (SSSR count). The summed E-state index contributed by atoms with van der Waals surface area (Å²) in [6.45, 7) is 7.87. The molecule has 1 aromatic rings. The van der Waals surface area contributed by atoms with E-state index in [-0.39, 0.29) is 24.0 Å². The van der Waals surface area contributed by atoms with E-state index in [2.05, 4.69) is 39.0 Å². The molecule has 0 aliphatic rings. The zero-order valence-corrected chi connectivity index (χ0v) is 15.0. The van der Waals surface area contributed by atoms with E-state index in [1.165, 1.54) is 25.7 Å². The van der Waals surface area contributed by atoms with Crippen molar-refractivity contribution in [2.45, 2.75) is 46.1 Å². The third-order valence-corrected chi connectivity index (χ3v) is 2.85. The first-order valence-electron chi connectivity index (χ1n) is 7.34. The summed E-state index contributed by atoms with van der Waals surface area (Å²) in [5.74, 6) is 0.916. The van der Waals surface area contributed by atoms with Crippen LogP contribution in [0, 0.1) is 0 Å². The Balaban J connectivity index is 0.00000361. The highest BCUT2D eigenvalue weighted by molar-refractivity contribution is 14.0.